The monoisotopic (exact) mass is 283 g/mol. The van der Waals surface area contributed by atoms with Gasteiger partial charge in [0.1, 0.15) is 6.61 Å². The van der Waals surface area contributed by atoms with Gasteiger partial charge in [-0.3, -0.25) is 0 Å². The van der Waals surface area contributed by atoms with Crippen molar-refractivity contribution in [3.05, 3.63) is 35.4 Å². The van der Waals surface area contributed by atoms with Gasteiger partial charge in [0.05, 0.1) is 12.1 Å². The molecule has 112 valence electrons. The van der Waals surface area contributed by atoms with E-state index in [0.29, 0.717) is 5.92 Å². The average molecular weight is 283 g/mol. The molecule has 3 unspecified atom stereocenters. The van der Waals surface area contributed by atoms with Crippen LogP contribution in [0.1, 0.15) is 49.8 Å². The van der Waals surface area contributed by atoms with Crippen molar-refractivity contribution in [2.75, 3.05) is 13.2 Å². The van der Waals surface area contributed by atoms with Crippen LogP contribution in [0.15, 0.2) is 24.3 Å². The minimum absolute atomic E-state index is 0.0149. The highest BCUT2D eigenvalue weighted by Crippen LogP contribution is 2.38. The molecule has 0 saturated carbocycles. The molecule has 0 amide bonds. The third-order valence-corrected chi connectivity index (χ3v) is 3.87. The van der Waals surface area contributed by atoms with Gasteiger partial charge in [0.15, 0.2) is 0 Å². The highest BCUT2D eigenvalue weighted by molar-refractivity contribution is 5.36. The van der Waals surface area contributed by atoms with Gasteiger partial charge in [-0.25, -0.2) is 8.78 Å². The van der Waals surface area contributed by atoms with E-state index < -0.39 is 13.0 Å². The molecule has 2 rings (SSSR count). The number of nitrogens with one attached hydrogen (secondary N) is 1. The predicted octanol–water partition coefficient (Wildman–Crippen LogP) is 3.88. The molecular formula is C16H23F2NO. The number of alkyl halides is 2. The van der Waals surface area contributed by atoms with E-state index in [0.717, 1.165) is 19.4 Å². The Morgan fingerprint density at radius 1 is 1.30 bits per heavy atom. The molecule has 0 radical (unpaired) electrons. The van der Waals surface area contributed by atoms with E-state index in [1.54, 1.807) is 0 Å². The van der Waals surface area contributed by atoms with Crippen LogP contribution in [0.25, 0.3) is 0 Å². The first-order valence-corrected chi connectivity index (χ1v) is 7.35. The summed E-state index contributed by atoms with van der Waals surface area (Å²) in [5.74, 6) is 0.341. The van der Waals surface area contributed by atoms with Crippen molar-refractivity contribution in [3.8, 4) is 0 Å². The van der Waals surface area contributed by atoms with Crippen LogP contribution in [-0.2, 0) is 4.74 Å². The summed E-state index contributed by atoms with van der Waals surface area (Å²) in [6.45, 7) is 4.61. The number of ether oxygens (including phenoxy) is 1. The lowest BCUT2D eigenvalue weighted by atomic mass is 9.79. The average Bonchev–Trinajstić information content (AvgIpc) is 2.44. The minimum atomic E-state index is -2.41. The molecule has 0 saturated heterocycles. The maximum Gasteiger partial charge on any atom is 0.261 e. The zero-order chi connectivity index (χ0) is 14.5. The molecule has 0 fully saturated rings. The summed E-state index contributed by atoms with van der Waals surface area (Å²) in [5.41, 5.74) is 2.50. The number of hydrogen-bond donors (Lipinski definition) is 1. The number of benzene rings is 1. The van der Waals surface area contributed by atoms with Crippen LogP contribution in [-0.4, -0.2) is 25.7 Å². The molecule has 0 heterocycles. The van der Waals surface area contributed by atoms with Crippen molar-refractivity contribution in [1.29, 1.82) is 0 Å². The van der Waals surface area contributed by atoms with Crippen LogP contribution < -0.4 is 5.32 Å². The van der Waals surface area contributed by atoms with Crippen molar-refractivity contribution in [1.82, 2.24) is 5.32 Å². The quantitative estimate of drug-likeness (QED) is 0.855. The first-order chi connectivity index (χ1) is 9.63. The SMILES string of the molecule is CCCNC1c2ccccc2C(C)CC1OCC(F)F. The van der Waals surface area contributed by atoms with Gasteiger partial charge in [0.25, 0.3) is 6.43 Å². The third kappa shape index (κ3) is 3.55. The summed E-state index contributed by atoms with van der Waals surface area (Å²) < 4.78 is 30.3. The van der Waals surface area contributed by atoms with Gasteiger partial charge in [0.2, 0.25) is 0 Å². The smallest absolute Gasteiger partial charge is 0.261 e. The van der Waals surface area contributed by atoms with Gasteiger partial charge in [-0.05, 0) is 36.4 Å². The fourth-order valence-corrected chi connectivity index (χ4v) is 2.96. The Labute approximate surface area is 119 Å². The molecule has 1 aliphatic rings. The largest absolute Gasteiger partial charge is 0.370 e. The lowest BCUT2D eigenvalue weighted by molar-refractivity contribution is -0.0468. The van der Waals surface area contributed by atoms with E-state index in [-0.39, 0.29) is 12.1 Å². The van der Waals surface area contributed by atoms with Crippen LogP contribution in [0.5, 0.6) is 0 Å². The standard InChI is InChI=1S/C16H23F2NO/c1-3-8-19-16-13-7-5-4-6-12(13)11(2)9-14(16)20-10-15(17)18/h4-7,11,14-16,19H,3,8-10H2,1-2H3. The van der Waals surface area contributed by atoms with E-state index >= 15 is 0 Å². The first kappa shape index (κ1) is 15.4. The van der Waals surface area contributed by atoms with E-state index in [9.17, 15) is 8.78 Å². The van der Waals surface area contributed by atoms with E-state index in [4.69, 9.17) is 4.74 Å². The molecule has 0 spiro atoms. The number of fused-ring (bicyclic) bond motifs is 1. The molecular weight excluding hydrogens is 260 g/mol. The third-order valence-electron chi connectivity index (χ3n) is 3.87. The lowest BCUT2D eigenvalue weighted by Gasteiger charge is -2.37. The van der Waals surface area contributed by atoms with Crippen LogP contribution in [0.3, 0.4) is 0 Å². The summed E-state index contributed by atoms with van der Waals surface area (Å²) in [4.78, 5) is 0. The second-order valence-corrected chi connectivity index (χ2v) is 5.46. The Bertz CT molecular complexity index is 425. The zero-order valence-electron chi connectivity index (χ0n) is 12.1. The highest BCUT2D eigenvalue weighted by Gasteiger charge is 2.33. The molecule has 2 nitrogen and oxygen atoms in total. The second-order valence-electron chi connectivity index (χ2n) is 5.46. The lowest BCUT2D eigenvalue weighted by Crippen LogP contribution is -2.39. The molecule has 4 heteroatoms. The molecule has 0 bridgehead atoms. The van der Waals surface area contributed by atoms with Gasteiger partial charge in [0, 0.05) is 0 Å². The van der Waals surface area contributed by atoms with Crippen LogP contribution in [0.4, 0.5) is 8.78 Å². The molecule has 1 aromatic carbocycles. The van der Waals surface area contributed by atoms with E-state index in [1.165, 1.54) is 11.1 Å². The summed E-state index contributed by atoms with van der Waals surface area (Å²) >= 11 is 0. The first-order valence-electron chi connectivity index (χ1n) is 7.35. The van der Waals surface area contributed by atoms with Crippen LogP contribution >= 0.6 is 0 Å². The Hall–Kier alpha value is -1.00. The predicted molar refractivity (Wildman–Crippen MR) is 76.3 cm³/mol. The molecule has 20 heavy (non-hydrogen) atoms. The Morgan fingerprint density at radius 2 is 2.00 bits per heavy atom. The minimum Gasteiger partial charge on any atom is -0.370 e. The second kappa shape index (κ2) is 7.14. The van der Waals surface area contributed by atoms with Crippen molar-refractivity contribution in [3.63, 3.8) is 0 Å². The summed E-state index contributed by atoms with van der Waals surface area (Å²) in [7, 11) is 0. The van der Waals surface area contributed by atoms with Crippen molar-refractivity contribution < 1.29 is 13.5 Å². The van der Waals surface area contributed by atoms with Gasteiger partial charge in [-0.2, -0.15) is 0 Å². The Morgan fingerprint density at radius 3 is 2.65 bits per heavy atom. The summed E-state index contributed by atoms with van der Waals surface area (Å²) in [6, 6.07) is 8.26. The number of halogens is 2. The molecule has 1 aliphatic carbocycles. The number of hydrogen-bond acceptors (Lipinski definition) is 2. The Balaban J connectivity index is 2.19. The highest BCUT2D eigenvalue weighted by atomic mass is 19.3. The molecule has 3 atom stereocenters. The zero-order valence-corrected chi connectivity index (χ0v) is 12.1. The van der Waals surface area contributed by atoms with Gasteiger partial charge in [-0.15, -0.1) is 0 Å². The topological polar surface area (TPSA) is 21.3 Å². The van der Waals surface area contributed by atoms with Gasteiger partial charge in [-0.1, -0.05) is 38.1 Å². The van der Waals surface area contributed by atoms with Crippen molar-refractivity contribution in [2.24, 2.45) is 0 Å². The van der Waals surface area contributed by atoms with Crippen LogP contribution in [0.2, 0.25) is 0 Å². The fourth-order valence-electron chi connectivity index (χ4n) is 2.96. The normalized spacial score (nSPS) is 25.8. The molecule has 1 aromatic rings. The summed E-state index contributed by atoms with van der Waals surface area (Å²) in [6.07, 6.45) is -0.796. The maximum atomic E-state index is 12.4. The Kier molecular flexibility index (Phi) is 5.49. The summed E-state index contributed by atoms with van der Waals surface area (Å²) in [5, 5.41) is 3.45. The van der Waals surface area contributed by atoms with Crippen LogP contribution in [0, 0.1) is 0 Å². The fraction of sp³-hybridized carbons (Fsp3) is 0.625. The van der Waals surface area contributed by atoms with E-state index in [1.807, 2.05) is 12.1 Å². The van der Waals surface area contributed by atoms with Gasteiger partial charge >= 0.3 is 0 Å². The maximum absolute atomic E-state index is 12.4. The number of rotatable bonds is 6. The molecule has 1 N–H and O–H groups in total. The molecule has 0 aliphatic heterocycles. The van der Waals surface area contributed by atoms with Crippen molar-refractivity contribution >= 4 is 0 Å². The van der Waals surface area contributed by atoms with Crippen molar-refractivity contribution in [2.45, 2.75) is 51.2 Å². The molecule has 0 aromatic heterocycles. The van der Waals surface area contributed by atoms with E-state index in [2.05, 4.69) is 31.3 Å². The van der Waals surface area contributed by atoms with Gasteiger partial charge < -0.3 is 10.1 Å².